The molecule has 2 rings (SSSR count). The molecule has 0 aliphatic heterocycles. The molecule has 1 aliphatic carbocycles. The Bertz CT molecular complexity index is 610. The van der Waals surface area contributed by atoms with Gasteiger partial charge in [-0.1, -0.05) is 0 Å². The quantitative estimate of drug-likeness (QED) is 0.801. The van der Waals surface area contributed by atoms with Crippen LogP contribution in [-0.4, -0.2) is 36.1 Å². The van der Waals surface area contributed by atoms with Crippen molar-refractivity contribution in [2.24, 2.45) is 5.92 Å². The molecule has 132 valence electrons. The summed E-state index contributed by atoms with van der Waals surface area (Å²) in [7, 11) is -3.18. The summed E-state index contributed by atoms with van der Waals surface area (Å²) in [5.74, 6) is -0.801. The van der Waals surface area contributed by atoms with Gasteiger partial charge in [-0.2, -0.15) is 22.5 Å². The van der Waals surface area contributed by atoms with Crippen LogP contribution in [0.3, 0.4) is 0 Å². The van der Waals surface area contributed by atoms with Crippen LogP contribution in [0.1, 0.15) is 38.4 Å². The van der Waals surface area contributed by atoms with Gasteiger partial charge in [0.25, 0.3) is 0 Å². The second kappa shape index (κ2) is 7.31. The number of sulfonamides is 1. The van der Waals surface area contributed by atoms with E-state index in [2.05, 4.69) is 19.4 Å². The summed E-state index contributed by atoms with van der Waals surface area (Å²) in [5, 5.41) is 3.16. The number of alkyl halides is 3. The van der Waals surface area contributed by atoms with Crippen molar-refractivity contribution in [3.8, 4) is 0 Å². The monoisotopic (exact) mass is 372 g/mol. The molecule has 1 aliphatic rings. The first-order valence-electron chi connectivity index (χ1n) is 7.34. The Balaban J connectivity index is 1.78. The molecule has 0 atom stereocenters. The van der Waals surface area contributed by atoms with Crippen LogP contribution in [0.2, 0.25) is 0 Å². The van der Waals surface area contributed by atoms with E-state index in [4.69, 9.17) is 0 Å². The van der Waals surface area contributed by atoms with Gasteiger partial charge in [0.2, 0.25) is 21.0 Å². The van der Waals surface area contributed by atoms with Crippen LogP contribution in [0.5, 0.6) is 0 Å². The third-order valence-electron chi connectivity index (χ3n) is 3.83. The normalized spacial score (nSPS) is 23.0. The summed E-state index contributed by atoms with van der Waals surface area (Å²) in [5.41, 5.74) is 0. The molecule has 6 nitrogen and oxygen atoms in total. The number of halogens is 3. The smallest absolute Gasteiger partial charge is 0.358 e. The molecule has 0 radical (unpaired) electrons. The molecule has 23 heavy (non-hydrogen) atoms. The van der Waals surface area contributed by atoms with Gasteiger partial charge in [-0.25, -0.2) is 13.1 Å². The first kappa shape index (κ1) is 18.4. The van der Waals surface area contributed by atoms with Gasteiger partial charge in [-0.05, 0) is 38.5 Å². The van der Waals surface area contributed by atoms with Crippen LogP contribution < -0.4 is 10.0 Å². The maximum absolute atomic E-state index is 12.4. The minimum Gasteiger partial charge on any atom is -0.358 e. The number of hydrogen-bond donors (Lipinski definition) is 2. The fourth-order valence-corrected chi connectivity index (χ4v) is 3.79. The van der Waals surface area contributed by atoms with Crippen molar-refractivity contribution in [1.29, 1.82) is 0 Å². The molecule has 1 heterocycles. The van der Waals surface area contributed by atoms with Crippen LogP contribution in [0.15, 0.2) is 0 Å². The van der Waals surface area contributed by atoms with E-state index in [0.29, 0.717) is 18.1 Å². The fourth-order valence-electron chi connectivity index (χ4n) is 2.43. The van der Waals surface area contributed by atoms with Gasteiger partial charge < -0.3 is 5.32 Å². The molecule has 0 saturated heterocycles. The Hall–Kier alpha value is -0.940. The summed E-state index contributed by atoms with van der Waals surface area (Å²) in [6, 6.07) is 0.0445. The Kier molecular flexibility index (Phi) is 5.84. The molecule has 0 unspecified atom stereocenters. The third-order valence-corrected chi connectivity index (χ3v) is 5.84. The fraction of sp³-hybridized carbons (Fsp3) is 0.833. The number of aromatic nitrogens is 2. The highest BCUT2D eigenvalue weighted by Gasteiger charge is 2.36. The SMILES string of the molecule is CCS(=O)(=O)NCC1CCC(Nc2nc(C(F)(F)F)ns2)CC1. The number of nitrogens with zero attached hydrogens (tertiary/aromatic N) is 2. The van der Waals surface area contributed by atoms with Crippen LogP contribution in [0.4, 0.5) is 18.3 Å². The van der Waals surface area contributed by atoms with Gasteiger partial charge in [0.1, 0.15) is 0 Å². The Morgan fingerprint density at radius 1 is 1.26 bits per heavy atom. The number of anilines is 1. The summed E-state index contributed by atoms with van der Waals surface area (Å²) in [4.78, 5) is 3.45. The van der Waals surface area contributed by atoms with E-state index < -0.39 is 22.0 Å². The number of hydrogen-bond acceptors (Lipinski definition) is 6. The van der Waals surface area contributed by atoms with Crippen molar-refractivity contribution in [3.05, 3.63) is 5.82 Å². The van der Waals surface area contributed by atoms with E-state index in [1.807, 2.05) is 0 Å². The zero-order valence-corrected chi connectivity index (χ0v) is 14.2. The minimum atomic E-state index is -4.52. The standard InChI is InChI=1S/C12H19F3N4O2S2/c1-2-23(20,21)16-7-8-3-5-9(6-4-8)17-11-18-10(19-22-11)12(13,14)15/h8-9,16H,2-7H2,1H3,(H,17,18,19). The van der Waals surface area contributed by atoms with Crippen molar-refractivity contribution in [2.45, 2.75) is 44.8 Å². The van der Waals surface area contributed by atoms with Crippen LogP contribution in [0, 0.1) is 5.92 Å². The predicted octanol–water partition coefficient (Wildman–Crippen LogP) is 2.47. The average Bonchev–Trinajstić information content (AvgIpc) is 2.95. The molecule has 0 spiro atoms. The number of rotatable bonds is 6. The Morgan fingerprint density at radius 2 is 1.91 bits per heavy atom. The lowest BCUT2D eigenvalue weighted by atomic mass is 9.86. The van der Waals surface area contributed by atoms with E-state index >= 15 is 0 Å². The highest BCUT2D eigenvalue weighted by molar-refractivity contribution is 7.89. The van der Waals surface area contributed by atoms with E-state index in [-0.39, 0.29) is 22.8 Å². The van der Waals surface area contributed by atoms with E-state index in [0.717, 1.165) is 25.7 Å². The highest BCUT2D eigenvalue weighted by Crippen LogP contribution is 2.31. The molecule has 2 N–H and O–H groups in total. The average molecular weight is 372 g/mol. The van der Waals surface area contributed by atoms with Crippen molar-refractivity contribution in [3.63, 3.8) is 0 Å². The van der Waals surface area contributed by atoms with Crippen molar-refractivity contribution >= 4 is 26.7 Å². The molecule has 0 amide bonds. The maximum Gasteiger partial charge on any atom is 0.452 e. The predicted molar refractivity (Wildman–Crippen MR) is 81.7 cm³/mol. The molecule has 0 bridgehead atoms. The Morgan fingerprint density at radius 3 is 2.43 bits per heavy atom. The Labute approximate surface area is 137 Å². The minimum absolute atomic E-state index is 0.0445. The van der Waals surface area contributed by atoms with Crippen LogP contribution in [-0.2, 0) is 16.2 Å². The summed E-state index contributed by atoms with van der Waals surface area (Å²) in [6.07, 6.45) is -1.37. The molecule has 11 heteroatoms. The van der Waals surface area contributed by atoms with Gasteiger partial charge in [-0.3, -0.25) is 0 Å². The molecule has 1 saturated carbocycles. The second-order valence-corrected chi connectivity index (χ2v) is 8.38. The lowest BCUT2D eigenvalue weighted by Gasteiger charge is -2.28. The van der Waals surface area contributed by atoms with Gasteiger partial charge in [0.15, 0.2) is 0 Å². The van der Waals surface area contributed by atoms with Crippen molar-refractivity contribution < 1.29 is 21.6 Å². The van der Waals surface area contributed by atoms with Gasteiger partial charge in [0, 0.05) is 24.1 Å². The number of nitrogens with one attached hydrogen (secondary N) is 2. The lowest BCUT2D eigenvalue weighted by molar-refractivity contribution is -0.144. The zero-order valence-electron chi connectivity index (χ0n) is 12.6. The zero-order chi connectivity index (χ0) is 17.1. The molecular formula is C12H19F3N4O2S2. The van der Waals surface area contributed by atoms with Gasteiger partial charge >= 0.3 is 6.18 Å². The first-order chi connectivity index (χ1) is 10.7. The van der Waals surface area contributed by atoms with E-state index in [1.54, 1.807) is 6.92 Å². The highest BCUT2D eigenvalue weighted by atomic mass is 32.2. The van der Waals surface area contributed by atoms with Crippen LogP contribution in [0.25, 0.3) is 0 Å². The maximum atomic E-state index is 12.4. The second-order valence-electron chi connectivity index (χ2n) is 5.53. The largest absolute Gasteiger partial charge is 0.452 e. The first-order valence-corrected chi connectivity index (χ1v) is 9.77. The van der Waals surface area contributed by atoms with E-state index in [9.17, 15) is 21.6 Å². The van der Waals surface area contributed by atoms with Crippen molar-refractivity contribution in [1.82, 2.24) is 14.1 Å². The molecule has 1 fully saturated rings. The molecule has 0 aromatic carbocycles. The van der Waals surface area contributed by atoms with Crippen LogP contribution >= 0.6 is 11.5 Å². The summed E-state index contributed by atoms with van der Waals surface area (Å²) >= 11 is 0.704. The molecular weight excluding hydrogens is 353 g/mol. The van der Waals surface area contributed by atoms with E-state index in [1.165, 1.54) is 0 Å². The topological polar surface area (TPSA) is 84.0 Å². The van der Waals surface area contributed by atoms with Gasteiger partial charge in [0.05, 0.1) is 5.75 Å². The van der Waals surface area contributed by atoms with Crippen molar-refractivity contribution in [2.75, 3.05) is 17.6 Å². The lowest BCUT2D eigenvalue weighted by Crippen LogP contribution is -2.34. The third kappa shape index (κ3) is 5.57. The molecule has 1 aromatic heterocycles. The summed E-state index contributed by atoms with van der Waals surface area (Å²) < 4.78 is 66.0. The molecule has 1 aromatic rings. The summed E-state index contributed by atoms with van der Waals surface area (Å²) in [6.45, 7) is 2.00. The van der Waals surface area contributed by atoms with Gasteiger partial charge in [-0.15, -0.1) is 0 Å².